The summed E-state index contributed by atoms with van der Waals surface area (Å²) in [6, 6.07) is 13.9. The predicted octanol–water partition coefficient (Wildman–Crippen LogP) is 5.74. The normalized spacial score (nSPS) is 17.4. The standard InChI is InChI=1S/C32H38N4O5Si/c1-20(32(38)39-2)30-31(37)24-9-7-6-8-23(24)25(35-30)16-29-34-26-15-28(41-18-21-10-11-21)22(17-33)14-27(26)36(29)19-40-12-13-42(3,4)5/h6-9,14-15,20-21,25H,10-13,16,18-19H2,1-5H3. The number of benzene rings is 2. The number of carbonyl (C=O) groups is 2. The number of esters is 1. The molecule has 0 N–H and O–H groups in total. The first-order valence-corrected chi connectivity index (χ1v) is 18.2. The van der Waals surface area contributed by atoms with Crippen LogP contribution in [0.1, 0.15) is 53.1 Å². The number of fused-ring (bicyclic) bond motifs is 2. The molecule has 0 radical (unpaired) electrons. The highest BCUT2D eigenvalue weighted by Crippen LogP contribution is 2.35. The summed E-state index contributed by atoms with van der Waals surface area (Å²) in [7, 11) is 0.0148. The van der Waals surface area contributed by atoms with Gasteiger partial charge in [0.05, 0.1) is 48.0 Å². The molecule has 3 aromatic rings. The van der Waals surface area contributed by atoms with Gasteiger partial charge in [-0.1, -0.05) is 43.9 Å². The Bertz CT molecular complexity index is 1580. The van der Waals surface area contributed by atoms with E-state index < -0.39 is 26.0 Å². The largest absolute Gasteiger partial charge is 0.492 e. The number of imidazole rings is 1. The van der Waals surface area contributed by atoms with E-state index in [1.165, 1.54) is 7.11 Å². The van der Waals surface area contributed by atoms with Gasteiger partial charge in [0.2, 0.25) is 5.78 Å². The fourth-order valence-electron chi connectivity index (χ4n) is 5.09. The predicted molar refractivity (Wildman–Crippen MR) is 163 cm³/mol. The summed E-state index contributed by atoms with van der Waals surface area (Å²) in [5.74, 6) is 0.225. The molecular weight excluding hydrogens is 548 g/mol. The summed E-state index contributed by atoms with van der Waals surface area (Å²) in [4.78, 5) is 35.5. The maximum Gasteiger partial charge on any atom is 0.314 e. The van der Waals surface area contributed by atoms with Crippen LogP contribution in [-0.4, -0.2) is 55.4 Å². The monoisotopic (exact) mass is 586 g/mol. The Morgan fingerprint density at radius 1 is 1.21 bits per heavy atom. The minimum Gasteiger partial charge on any atom is -0.492 e. The molecule has 9 nitrogen and oxygen atoms in total. The van der Waals surface area contributed by atoms with Gasteiger partial charge < -0.3 is 18.8 Å². The average Bonchev–Trinajstić information content (AvgIpc) is 3.75. The van der Waals surface area contributed by atoms with Gasteiger partial charge in [0.25, 0.3) is 0 Å². The number of Topliss-reactive ketones (excluding diaryl/α,β-unsaturated/α-hetero) is 1. The number of rotatable bonds is 12. The van der Waals surface area contributed by atoms with E-state index in [9.17, 15) is 14.9 Å². The van der Waals surface area contributed by atoms with Crippen molar-refractivity contribution in [1.29, 1.82) is 5.26 Å². The number of hydrogen-bond acceptors (Lipinski definition) is 8. The molecule has 0 amide bonds. The molecule has 1 aliphatic carbocycles. The van der Waals surface area contributed by atoms with Crippen LogP contribution in [0.5, 0.6) is 5.75 Å². The first-order chi connectivity index (χ1) is 20.1. The van der Waals surface area contributed by atoms with Crippen LogP contribution >= 0.6 is 0 Å². The maximum absolute atomic E-state index is 13.3. The lowest BCUT2D eigenvalue weighted by molar-refractivity contribution is -0.142. The van der Waals surface area contributed by atoms with Gasteiger partial charge in [-0.15, -0.1) is 0 Å². The summed E-state index contributed by atoms with van der Waals surface area (Å²) in [6.07, 6.45) is 2.67. The van der Waals surface area contributed by atoms with Crippen LogP contribution in [0.3, 0.4) is 0 Å². The molecule has 2 atom stereocenters. The smallest absolute Gasteiger partial charge is 0.314 e. The van der Waals surface area contributed by atoms with Gasteiger partial charge in [0.1, 0.15) is 24.4 Å². The topological polar surface area (TPSA) is 116 Å². The van der Waals surface area contributed by atoms with Crippen molar-refractivity contribution in [3.05, 3.63) is 58.9 Å². The van der Waals surface area contributed by atoms with Gasteiger partial charge in [-0.2, -0.15) is 5.26 Å². The molecule has 10 heteroatoms. The molecular formula is C32H38N4O5Si. The van der Waals surface area contributed by atoms with E-state index in [1.54, 1.807) is 13.0 Å². The van der Waals surface area contributed by atoms with Gasteiger partial charge >= 0.3 is 5.97 Å². The molecule has 0 saturated heterocycles. The summed E-state index contributed by atoms with van der Waals surface area (Å²) >= 11 is 0. The van der Waals surface area contributed by atoms with E-state index in [1.807, 2.05) is 34.9 Å². The van der Waals surface area contributed by atoms with Crippen molar-refractivity contribution in [2.24, 2.45) is 16.8 Å². The average molecular weight is 587 g/mol. The Morgan fingerprint density at radius 3 is 2.67 bits per heavy atom. The number of ether oxygens (including phenoxy) is 3. The molecule has 0 spiro atoms. The van der Waals surface area contributed by atoms with Crippen LogP contribution in [0.2, 0.25) is 25.7 Å². The second-order valence-electron chi connectivity index (χ2n) is 12.4. The SMILES string of the molecule is COC(=O)C(C)C1=NC(Cc2nc3cc(OCC4CC4)c(C#N)cc3n2COCC[Si](C)(C)C)c2ccccc2C1=O. The molecule has 0 bridgehead atoms. The number of carbonyl (C=O) groups excluding carboxylic acids is 2. The zero-order valence-corrected chi connectivity index (χ0v) is 26.0. The Balaban J connectivity index is 1.54. The molecule has 1 saturated carbocycles. The van der Waals surface area contributed by atoms with Crippen molar-refractivity contribution >= 4 is 36.6 Å². The van der Waals surface area contributed by atoms with E-state index >= 15 is 0 Å². The van der Waals surface area contributed by atoms with Crippen LogP contribution in [0.25, 0.3) is 11.0 Å². The molecule has 1 fully saturated rings. The van der Waals surface area contributed by atoms with E-state index in [0.717, 1.165) is 30.0 Å². The van der Waals surface area contributed by atoms with Crippen molar-refractivity contribution in [3.8, 4) is 11.8 Å². The van der Waals surface area contributed by atoms with Gasteiger partial charge in [-0.25, -0.2) is 4.98 Å². The Morgan fingerprint density at radius 2 is 1.98 bits per heavy atom. The minimum atomic E-state index is -1.29. The lowest BCUT2D eigenvalue weighted by atomic mass is 9.86. The second kappa shape index (κ2) is 12.2. The highest BCUT2D eigenvalue weighted by molar-refractivity contribution is 6.76. The number of hydrogen-bond donors (Lipinski definition) is 0. The first-order valence-electron chi connectivity index (χ1n) is 14.5. The van der Waals surface area contributed by atoms with Crippen molar-refractivity contribution < 1.29 is 23.8 Å². The molecule has 1 aliphatic heterocycles. The summed E-state index contributed by atoms with van der Waals surface area (Å²) < 4.78 is 19.1. The van der Waals surface area contributed by atoms with Crippen LogP contribution in [0, 0.1) is 23.2 Å². The van der Waals surface area contributed by atoms with Gasteiger partial charge in [0, 0.05) is 32.7 Å². The first kappa shape index (κ1) is 29.7. The molecule has 2 unspecified atom stereocenters. The van der Waals surface area contributed by atoms with Crippen molar-refractivity contribution in [3.63, 3.8) is 0 Å². The maximum atomic E-state index is 13.3. The van der Waals surface area contributed by atoms with Crippen LogP contribution in [0.4, 0.5) is 0 Å². The Hall–Kier alpha value is -3.81. The number of ketones is 1. The number of methoxy groups -OCH3 is 1. The molecule has 5 rings (SSSR count). The zero-order valence-electron chi connectivity index (χ0n) is 25.0. The Kier molecular flexibility index (Phi) is 8.62. The number of aromatic nitrogens is 2. The molecule has 1 aromatic heterocycles. The number of nitrogens with zero attached hydrogens (tertiary/aromatic N) is 4. The van der Waals surface area contributed by atoms with Crippen molar-refractivity contribution in [2.75, 3.05) is 20.3 Å². The fraction of sp³-hybridized carbons (Fsp3) is 0.469. The fourth-order valence-corrected chi connectivity index (χ4v) is 5.85. The Labute approximate surface area is 247 Å². The molecule has 2 aromatic carbocycles. The third-order valence-electron chi connectivity index (χ3n) is 7.87. The summed E-state index contributed by atoms with van der Waals surface area (Å²) in [5, 5.41) is 9.93. The van der Waals surface area contributed by atoms with E-state index in [4.69, 9.17) is 24.2 Å². The lowest BCUT2D eigenvalue weighted by Gasteiger charge is -2.25. The molecule has 2 aliphatic rings. The minimum absolute atomic E-state index is 0.183. The van der Waals surface area contributed by atoms with Crippen LogP contribution in [0.15, 0.2) is 41.4 Å². The summed E-state index contributed by atoms with van der Waals surface area (Å²) in [5.41, 5.74) is 3.44. The van der Waals surface area contributed by atoms with E-state index in [2.05, 4.69) is 25.7 Å². The highest BCUT2D eigenvalue weighted by atomic mass is 28.3. The van der Waals surface area contributed by atoms with E-state index in [0.29, 0.717) is 53.8 Å². The van der Waals surface area contributed by atoms with Crippen LogP contribution < -0.4 is 4.74 Å². The second-order valence-corrected chi connectivity index (χ2v) is 18.0. The van der Waals surface area contributed by atoms with Gasteiger partial charge in [-0.05, 0) is 43.4 Å². The zero-order chi connectivity index (χ0) is 30.0. The third kappa shape index (κ3) is 6.47. The van der Waals surface area contributed by atoms with Crippen molar-refractivity contribution in [2.45, 2.75) is 64.6 Å². The summed E-state index contributed by atoms with van der Waals surface area (Å²) in [6.45, 7) is 10.1. The van der Waals surface area contributed by atoms with Gasteiger partial charge in [0.15, 0.2) is 0 Å². The van der Waals surface area contributed by atoms with E-state index in [-0.39, 0.29) is 18.2 Å². The molecule has 42 heavy (non-hydrogen) atoms. The molecule has 220 valence electrons. The third-order valence-corrected chi connectivity index (χ3v) is 9.57. The number of nitriles is 1. The van der Waals surface area contributed by atoms with Gasteiger partial charge in [-0.3, -0.25) is 14.6 Å². The molecule has 2 heterocycles. The highest BCUT2D eigenvalue weighted by Gasteiger charge is 2.35. The quantitative estimate of drug-likeness (QED) is 0.151. The van der Waals surface area contributed by atoms with Crippen LogP contribution in [-0.2, 0) is 27.4 Å². The van der Waals surface area contributed by atoms with Crippen molar-refractivity contribution in [1.82, 2.24) is 9.55 Å². The number of aliphatic imine (C=N–C) groups is 1. The lowest BCUT2D eigenvalue weighted by Crippen LogP contribution is -2.33.